The number of methoxy groups -OCH3 is 1. The van der Waals surface area contributed by atoms with Crippen LogP contribution < -0.4 is 0 Å². The Hall–Kier alpha value is -0.0900. The minimum atomic E-state index is -3.20. The summed E-state index contributed by atoms with van der Waals surface area (Å²) in [5.74, 6) is 0.868. The summed E-state index contributed by atoms with van der Waals surface area (Å²) >= 11 is 0. The Balaban J connectivity index is 4.44. The molecule has 0 amide bonds. The van der Waals surface area contributed by atoms with Gasteiger partial charge in [0.2, 0.25) is 0 Å². The highest BCUT2D eigenvalue weighted by Crippen LogP contribution is 2.17. The van der Waals surface area contributed by atoms with Crippen LogP contribution >= 0.6 is 0 Å². The number of sulfone groups is 1. The molecule has 0 aromatic carbocycles. The predicted octanol–water partition coefficient (Wildman–Crippen LogP) is 0.965. The lowest BCUT2D eigenvalue weighted by atomic mass is 10.3. The van der Waals surface area contributed by atoms with Gasteiger partial charge in [0.1, 0.15) is 0 Å². The van der Waals surface area contributed by atoms with Crippen molar-refractivity contribution in [1.29, 1.82) is 0 Å². The van der Waals surface area contributed by atoms with Gasteiger partial charge in [-0.05, 0) is 20.8 Å². The van der Waals surface area contributed by atoms with Gasteiger partial charge in [-0.1, -0.05) is 0 Å². The van der Waals surface area contributed by atoms with E-state index >= 15 is 0 Å². The third kappa shape index (κ3) is 2.27. The monoisotopic (exact) mass is 165 g/mol. The molecular weight excluding hydrogens is 152 g/mol. The van der Waals surface area contributed by atoms with Gasteiger partial charge < -0.3 is 4.74 Å². The molecule has 4 heteroatoms. The molecule has 0 bridgehead atoms. The lowest BCUT2D eigenvalue weighted by molar-refractivity contribution is 0.305. The highest BCUT2D eigenvalue weighted by molar-refractivity contribution is 7.94. The smallest absolute Gasteiger partial charge is 0.199 e. The summed E-state index contributed by atoms with van der Waals surface area (Å²) in [5.41, 5.74) is 0. The molecule has 0 unspecified atom stereocenters. The van der Waals surface area contributed by atoms with Crippen molar-refractivity contribution in [2.75, 3.05) is 7.11 Å². The Morgan fingerprint density at radius 2 is 1.70 bits per heavy atom. The summed E-state index contributed by atoms with van der Waals surface area (Å²) in [6, 6.07) is 0. The molecule has 0 rings (SSSR count). The van der Waals surface area contributed by atoms with Crippen LogP contribution in [0.15, 0.2) is 0 Å². The van der Waals surface area contributed by atoms with Gasteiger partial charge in [-0.3, -0.25) is 0 Å². The minimum absolute atomic E-state index is 0.761. The third-order valence-electron chi connectivity index (χ3n) is 1.08. The quantitative estimate of drug-likeness (QED) is 0.612. The summed E-state index contributed by atoms with van der Waals surface area (Å²) in [4.78, 5) is 0. The van der Waals surface area contributed by atoms with Crippen molar-refractivity contribution in [2.45, 2.75) is 25.5 Å². The Kier molecular flexibility index (Phi) is 2.86. The summed E-state index contributed by atoms with van der Waals surface area (Å²) < 4.78 is 25.8. The van der Waals surface area contributed by atoms with E-state index in [4.69, 9.17) is 0 Å². The van der Waals surface area contributed by atoms with Gasteiger partial charge in [-0.15, -0.1) is 0 Å². The molecule has 0 aliphatic rings. The van der Waals surface area contributed by atoms with Gasteiger partial charge in [-0.2, -0.15) is 0 Å². The first-order chi connectivity index (χ1) is 4.31. The fraction of sp³-hybridized carbons (Fsp3) is 0.833. The minimum Gasteiger partial charge on any atom is -0.362 e. The van der Waals surface area contributed by atoms with E-state index in [1.165, 1.54) is 7.11 Å². The Bertz CT molecular complexity index is 186. The van der Waals surface area contributed by atoms with E-state index in [0.29, 0.717) is 0 Å². The largest absolute Gasteiger partial charge is 0.362 e. The lowest BCUT2D eigenvalue weighted by Gasteiger charge is -2.17. The standard InChI is InChI=1S/C6H13O3S/c1-6(2,3)10(7,8)5-9-4/h5H,1-4H3. The fourth-order valence-electron chi connectivity index (χ4n) is 0.271. The molecule has 0 saturated carbocycles. The topological polar surface area (TPSA) is 43.4 Å². The van der Waals surface area contributed by atoms with E-state index in [-0.39, 0.29) is 0 Å². The van der Waals surface area contributed by atoms with Crippen LogP contribution in [0.5, 0.6) is 0 Å². The number of hydrogen-bond donors (Lipinski definition) is 0. The predicted molar refractivity (Wildman–Crippen MR) is 40.0 cm³/mol. The van der Waals surface area contributed by atoms with E-state index in [2.05, 4.69) is 4.74 Å². The lowest BCUT2D eigenvalue weighted by Crippen LogP contribution is -2.28. The highest BCUT2D eigenvalue weighted by Gasteiger charge is 2.28. The van der Waals surface area contributed by atoms with Crippen molar-refractivity contribution < 1.29 is 13.2 Å². The second-order valence-corrected chi connectivity index (χ2v) is 5.50. The SMILES string of the molecule is CO[CH]S(=O)(=O)C(C)(C)C. The number of ether oxygens (including phenoxy) is 1. The molecule has 0 heterocycles. The summed E-state index contributed by atoms with van der Waals surface area (Å²) in [6.45, 7) is 4.87. The number of hydrogen-bond acceptors (Lipinski definition) is 3. The second kappa shape index (κ2) is 2.88. The maximum atomic E-state index is 11.1. The zero-order valence-corrected chi connectivity index (χ0v) is 7.53. The van der Waals surface area contributed by atoms with Crippen LogP contribution in [0.25, 0.3) is 0 Å². The Morgan fingerprint density at radius 1 is 1.30 bits per heavy atom. The molecule has 61 valence electrons. The molecule has 3 nitrogen and oxygen atoms in total. The maximum absolute atomic E-state index is 11.1. The Labute approximate surface area is 62.3 Å². The van der Waals surface area contributed by atoms with Crippen LogP contribution in [-0.4, -0.2) is 20.3 Å². The molecule has 0 aromatic heterocycles. The van der Waals surface area contributed by atoms with Gasteiger partial charge >= 0.3 is 0 Å². The van der Waals surface area contributed by atoms with Crippen molar-refractivity contribution in [3.05, 3.63) is 5.94 Å². The van der Waals surface area contributed by atoms with E-state index in [1.54, 1.807) is 20.8 Å². The van der Waals surface area contributed by atoms with E-state index < -0.39 is 14.6 Å². The van der Waals surface area contributed by atoms with Crippen LogP contribution in [0.4, 0.5) is 0 Å². The third-order valence-corrected chi connectivity index (χ3v) is 3.23. The van der Waals surface area contributed by atoms with Gasteiger partial charge in [0.05, 0.1) is 4.75 Å². The average molecular weight is 165 g/mol. The Morgan fingerprint density at radius 3 is 1.80 bits per heavy atom. The van der Waals surface area contributed by atoms with Crippen LogP contribution in [0.1, 0.15) is 20.8 Å². The van der Waals surface area contributed by atoms with Crippen LogP contribution in [-0.2, 0) is 14.6 Å². The first-order valence-electron chi connectivity index (χ1n) is 2.92. The molecule has 10 heavy (non-hydrogen) atoms. The average Bonchev–Trinajstić information content (AvgIpc) is 1.61. The molecule has 0 aliphatic heterocycles. The molecule has 1 radical (unpaired) electrons. The van der Waals surface area contributed by atoms with Gasteiger partial charge in [0.15, 0.2) is 15.8 Å². The van der Waals surface area contributed by atoms with Gasteiger partial charge in [-0.25, -0.2) is 8.42 Å². The molecule has 0 aliphatic carbocycles. The van der Waals surface area contributed by atoms with E-state index in [1.807, 2.05) is 0 Å². The maximum Gasteiger partial charge on any atom is 0.199 e. The van der Waals surface area contributed by atoms with Crippen LogP contribution in [0.3, 0.4) is 0 Å². The second-order valence-electron chi connectivity index (χ2n) is 2.99. The normalized spacial score (nSPS) is 13.6. The molecule has 0 N–H and O–H groups in total. The first-order valence-corrected chi connectivity index (χ1v) is 4.46. The zero-order chi connectivity index (χ0) is 8.41. The summed E-state index contributed by atoms with van der Waals surface area (Å²) in [7, 11) is -1.87. The molecule has 0 spiro atoms. The van der Waals surface area contributed by atoms with Crippen molar-refractivity contribution in [2.24, 2.45) is 0 Å². The highest BCUT2D eigenvalue weighted by atomic mass is 32.2. The molecular formula is C6H13O3S. The van der Waals surface area contributed by atoms with Crippen molar-refractivity contribution in [3.8, 4) is 0 Å². The molecule has 0 atom stereocenters. The first kappa shape index (κ1) is 9.91. The van der Waals surface area contributed by atoms with Crippen LogP contribution in [0.2, 0.25) is 0 Å². The molecule has 0 aromatic rings. The van der Waals surface area contributed by atoms with Crippen molar-refractivity contribution in [1.82, 2.24) is 0 Å². The molecule has 0 fully saturated rings. The number of rotatable bonds is 2. The summed E-state index contributed by atoms with van der Waals surface area (Å²) in [6.07, 6.45) is 0. The summed E-state index contributed by atoms with van der Waals surface area (Å²) in [5, 5.41) is 0. The van der Waals surface area contributed by atoms with E-state index in [0.717, 1.165) is 5.94 Å². The fourth-order valence-corrected chi connectivity index (χ4v) is 0.813. The van der Waals surface area contributed by atoms with Gasteiger partial charge in [0.25, 0.3) is 0 Å². The van der Waals surface area contributed by atoms with Gasteiger partial charge in [0, 0.05) is 7.11 Å². The zero-order valence-electron chi connectivity index (χ0n) is 6.71. The van der Waals surface area contributed by atoms with E-state index in [9.17, 15) is 8.42 Å². The van der Waals surface area contributed by atoms with Crippen LogP contribution in [0, 0.1) is 5.94 Å². The molecule has 0 saturated heterocycles. The van der Waals surface area contributed by atoms with Crippen molar-refractivity contribution in [3.63, 3.8) is 0 Å². The van der Waals surface area contributed by atoms with Crippen molar-refractivity contribution >= 4 is 9.84 Å².